The Hall–Kier alpha value is -5.68. The Kier molecular flexibility index (Phi) is 6.19. The zero-order valence-corrected chi connectivity index (χ0v) is 23.4. The number of nitrogens with one attached hydrogen (secondary N) is 1. The number of aromatic amines is 1. The van der Waals surface area contributed by atoms with Gasteiger partial charge >= 0.3 is 0 Å². The highest BCUT2D eigenvalue weighted by Crippen LogP contribution is 2.43. The van der Waals surface area contributed by atoms with Crippen molar-refractivity contribution in [2.45, 2.75) is 0 Å². The molecule has 2 heterocycles. The Bertz CT molecular complexity index is 2000. The van der Waals surface area contributed by atoms with Crippen molar-refractivity contribution in [3.8, 4) is 33.9 Å². The summed E-state index contributed by atoms with van der Waals surface area (Å²) in [4.78, 5) is 5.90. The van der Waals surface area contributed by atoms with Crippen LogP contribution in [0.25, 0.3) is 33.9 Å². The maximum atomic E-state index is 4.59. The zero-order valence-electron chi connectivity index (χ0n) is 23.4. The van der Waals surface area contributed by atoms with E-state index in [1.165, 1.54) is 27.8 Å². The van der Waals surface area contributed by atoms with Gasteiger partial charge in [-0.2, -0.15) is 0 Å². The summed E-state index contributed by atoms with van der Waals surface area (Å²) in [5.41, 5.74) is 11.6. The first-order valence-electron chi connectivity index (χ1n) is 14.6. The van der Waals surface area contributed by atoms with E-state index in [4.69, 9.17) is 0 Å². The molecule has 0 radical (unpaired) electrons. The summed E-state index contributed by atoms with van der Waals surface area (Å²) in [5, 5.41) is 9.08. The minimum absolute atomic E-state index is 0.148. The molecular weight excluding hydrogens is 523 g/mol. The van der Waals surface area contributed by atoms with Gasteiger partial charge in [0, 0.05) is 28.1 Å². The van der Waals surface area contributed by atoms with Gasteiger partial charge in [-0.05, 0) is 34.7 Å². The molecule has 0 amide bonds. The molecule has 0 bridgehead atoms. The van der Waals surface area contributed by atoms with Crippen LogP contribution in [0.1, 0.15) is 0 Å². The third-order valence-electron chi connectivity index (χ3n) is 8.26. The van der Waals surface area contributed by atoms with Crippen LogP contribution in [0.5, 0.6) is 0 Å². The molecule has 4 nitrogen and oxygen atoms in total. The molecule has 202 valence electrons. The van der Waals surface area contributed by atoms with Crippen molar-refractivity contribution < 1.29 is 0 Å². The Labute approximate surface area is 251 Å². The molecule has 6 aromatic carbocycles. The van der Waals surface area contributed by atoms with Gasteiger partial charge in [0.25, 0.3) is 0 Å². The van der Waals surface area contributed by atoms with Crippen molar-refractivity contribution in [2.24, 2.45) is 0 Å². The summed E-state index contributed by atoms with van der Waals surface area (Å²) < 4.78 is 0. The number of anilines is 3. The fourth-order valence-corrected chi connectivity index (χ4v) is 6.36. The molecule has 1 aromatic heterocycles. The second-order valence-corrected chi connectivity index (χ2v) is 10.7. The third-order valence-corrected chi connectivity index (χ3v) is 8.26. The first kappa shape index (κ1) is 25.1. The van der Waals surface area contributed by atoms with Crippen molar-refractivity contribution in [1.29, 1.82) is 0 Å². The molecule has 0 atom stereocenters. The average molecular weight is 550 g/mol. The molecule has 0 unspecified atom stereocenters. The van der Waals surface area contributed by atoms with Gasteiger partial charge in [-0.15, -0.1) is 10.2 Å². The van der Waals surface area contributed by atoms with E-state index in [0.717, 1.165) is 39.6 Å². The predicted octanol–water partition coefficient (Wildman–Crippen LogP) is 7.11. The predicted molar refractivity (Wildman–Crippen MR) is 178 cm³/mol. The van der Waals surface area contributed by atoms with E-state index in [-0.39, 0.29) is 6.71 Å². The number of hydrogen-bond donors (Lipinski definition) is 1. The number of hydrogen-bond acceptors (Lipinski definition) is 3. The summed E-state index contributed by atoms with van der Waals surface area (Å²) in [7, 11) is 0. The minimum atomic E-state index is 0.148. The topological polar surface area (TPSA) is 44.8 Å². The maximum absolute atomic E-state index is 4.59. The third kappa shape index (κ3) is 4.34. The zero-order chi connectivity index (χ0) is 28.6. The lowest BCUT2D eigenvalue weighted by Gasteiger charge is -2.38. The molecule has 1 aliphatic heterocycles. The summed E-state index contributed by atoms with van der Waals surface area (Å²) in [6, 6.07) is 55.6. The molecule has 8 rings (SSSR count). The first-order valence-corrected chi connectivity index (χ1v) is 14.6. The quantitative estimate of drug-likeness (QED) is 0.233. The fraction of sp³-hybridized carbons (Fsp3) is 0. The monoisotopic (exact) mass is 550 g/mol. The maximum Gasteiger partial charge on any atom is 0.246 e. The van der Waals surface area contributed by atoms with E-state index < -0.39 is 0 Å². The molecular formula is C38H27BN4. The second-order valence-electron chi connectivity index (χ2n) is 10.7. The van der Waals surface area contributed by atoms with Gasteiger partial charge in [0.1, 0.15) is 0 Å². The number of nitrogens with zero attached hydrogens (tertiary/aromatic N) is 3. The number of aromatic nitrogens is 3. The molecule has 0 aliphatic carbocycles. The van der Waals surface area contributed by atoms with Crippen molar-refractivity contribution in [1.82, 2.24) is 15.2 Å². The van der Waals surface area contributed by atoms with Crippen molar-refractivity contribution in [3.05, 3.63) is 158 Å². The highest BCUT2D eigenvalue weighted by molar-refractivity contribution is 6.98. The molecule has 0 saturated heterocycles. The lowest BCUT2D eigenvalue weighted by atomic mass is 9.35. The Morgan fingerprint density at radius 2 is 0.907 bits per heavy atom. The van der Waals surface area contributed by atoms with Gasteiger partial charge in [0.15, 0.2) is 11.6 Å². The lowest BCUT2D eigenvalue weighted by Crippen LogP contribution is -2.57. The van der Waals surface area contributed by atoms with Gasteiger partial charge in [0.2, 0.25) is 6.71 Å². The van der Waals surface area contributed by atoms with E-state index in [1.54, 1.807) is 0 Å². The van der Waals surface area contributed by atoms with Gasteiger partial charge in [0.05, 0.1) is 5.69 Å². The smallest absolute Gasteiger partial charge is 0.246 e. The molecule has 1 aliphatic rings. The highest BCUT2D eigenvalue weighted by Gasteiger charge is 2.35. The second kappa shape index (κ2) is 10.6. The van der Waals surface area contributed by atoms with Crippen LogP contribution >= 0.6 is 0 Å². The number of benzene rings is 6. The van der Waals surface area contributed by atoms with Crippen LogP contribution < -0.4 is 21.3 Å². The van der Waals surface area contributed by atoms with Crippen LogP contribution in [0.4, 0.5) is 17.1 Å². The van der Waals surface area contributed by atoms with Gasteiger partial charge < -0.3 is 9.88 Å². The van der Waals surface area contributed by atoms with Crippen LogP contribution in [0.2, 0.25) is 0 Å². The Morgan fingerprint density at radius 3 is 1.58 bits per heavy atom. The molecule has 0 spiro atoms. The van der Waals surface area contributed by atoms with Crippen LogP contribution in [-0.2, 0) is 0 Å². The normalized spacial score (nSPS) is 12.1. The number of H-pyrrole nitrogens is 1. The van der Waals surface area contributed by atoms with Crippen LogP contribution in [0.15, 0.2) is 158 Å². The van der Waals surface area contributed by atoms with Crippen LogP contribution in [0, 0.1) is 0 Å². The molecule has 0 saturated carbocycles. The fourth-order valence-electron chi connectivity index (χ4n) is 6.36. The molecule has 7 aromatic rings. The molecule has 5 heteroatoms. The minimum Gasteiger partial charge on any atom is -0.321 e. The van der Waals surface area contributed by atoms with Gasteiger partial charge in [-0.1, -0.05) is 145 Å². The first-order chi connectivity index (χ1) is 21.4. The molecule has 43 heavy (non-hydrogen) atoms. The van der Waals surface area contributed by atoms with E-state index in [0.29, 0.717) is 0 Å². The Morgan fingerprint density at radius 1 is 0.419 bits per heavy atom. The highest BCUT2D eigenvalue weighted by atomic mass is 15.2. The largest absolute Gasteiger partial charge is 0.321 e. The summed E-state index contributed by atoms with van der Waals surface area (Å²) in [6.07, 6.45) is 0. The van der Waals surface area contributed by atoms with E-state index in [2.05, 4.69) is 147 Å². The summed E-state index contributed by atoms with van der Waals surface area (Å²) in [6.45, 7) is 0.148. The van der Waals surface area contributed by atoms with Crippen LogP contribution in [0.3, 0.4) is 0 Å². The van der Waals surface area contributed by atoms with Crippen molar-refractivity contribution in [2.75, 3.05) is 4.90 Å². The van der Waals surface area contributed by atoms with Gasteiger partial charge in [-0.25, -0.2) is 0 Å². The SMILES string of the molecule is c1ccc(B2c3ccccc3N(c3ccccc3-c3ccccc3-c3nnc(-c4ccccc4)[nH]3)c3ccccc32)cc1. The van der Waals surface area contributed by atoms with E-state index in [1.807, 2.05) is 30.3 Å². The van der Waals surface area contributed by atoms with E-state index in [9.17, 15) is 0 Å². The van der Waals surface area contributed by atoms with Gasteiger partial charge in [-0.3, -0.25) is 0 Å². The Balaban J connectivity index is 1.31. The molecule has 1 N–H and O–H groups in total. The van der Waals surface area contributed by atoms with E-state index >= 15 is 0 Å². The van der Waals surface area contributed by atoms with Crippen LogP contribution in [-0.4, -0.2) is 21.9 Å². The average Bonchev–Trinajstić information content (AvgIpc) is 3.58. The number of fused-ring (bicyclic) bond motifs is 2. The number of para-hydroxylation sites is 3. The number of rotatable bonds is 5. The summed E-state index contributed by atoms with van der Waals surface area (Å²) >= 11 is 0. The molecule has 0 fully saturated rings. The lowest BCUT2D eigenvalue weighted by molar-refractivity contribution is 1.10. The van der Waals surface area contributed by atoms with Crippen molar-refractivity contribution >= 4 is 40.2 Å². The van der Waals surface area contributed by atoms with Crippen molar-refractivity contribution in [3.63, 3.8) is 0 Å². The summed E-state index contributed by atoms with van der Waals surface area (Å²) in [5.74, 6) is 1.50. The standard InChI is InChI=1S/C38H27BN4/c1-3-15-27(16-4-1)37-40-38(42-41-37)31-21-8-7-19-29(31)30-20-9-12-24-34(30)43-35-25-13-10-22-32(35)39(28-17-5-2-6-18-28)33-23-11-14-26-36(33)43/h1-26H,(H,40,41,42).